The molecule has 12 aromatic rings. The maximum Gasteiger partial charge on any atom is 0.161 e. The van der Waals surface area contributed by atoms with Gasteiger partial charge in [0.05, 0.1) is 28.1 Å². The number of rotatable bonds is 9. The van der Waals surface area contributed by atoms with E-state index >= 15 is 0 Å². The molecule has 3 nitrogen and oxygen atoms in total. The van der Waals surface area contributed by atoms with Gasteiger partial charge in [-0.3, -0.25) is 0 Å². The van der Waals surface area contributed by atoms with Gasteiger partial charge < -0.3 is 14.2 Å². The van der Waals surface area contributed by atoms with Crippen LogP contribution in [0.1, 0.15) is 0 Å². The third-order valence-corrected chi connectivity index (χ3v) is 12.6. The summed E-state index contributed by atoms with van der Waals surface area (Å²) in [6, 6.07) is 91.2. The molecule has 11 aromatic carbocycles. The summed E-state index contributed by atoms with van der Waals surface area (Å²) in [6.07, 6.45) is 0. The zero-order valence-corrected chi connectivity index (χ0v) is 35.6. The average Bonchev–Trinajstić information content (AvgIpc) is 3.76. The van der Waals surface area contributed by atoms with E-state index in [9.17, 15) is 0 Å². The van der Waals surface area contributed by atoms with Crippen molar-refractivity contribution in [1.82, 2.24) is 0 Å². The van der Waals surface area contributed by atoms with Crippen molar-refractivity contribution in [1.29, 1.82) is 0 Å². The third kappa shape index (κ3) is 6.78. The summed E-state index contributed by atoms with van der Waals surface area (Å²) in [7, 11) is 0. The van der Waals surface area contributed by atoms with Crippen LogP contribution in [0.2, 0.25) is 0 Å². The van der Waals surface area contributed by atoms with Crippen molar-refractivity contribution in [2.75, 3.05) is 9.80 Å². The Morgan fingerprint density at radius 1 is 0.277 bits per heavy atom. The van der Waals surface area contributed by atoms with Gasteiger partial charge in [0.1, 0.15) is 5.58 Å². The summed E-state index contributed by atoms with van der Waals surface area (Å²) in [5.74, 6) is 0. The van der Waals surface area contributed by atoms with Crippen LogP contribution < -0.4 is 9.80 Å². The molecule has 0 aliphatic rings. The second kappa shape index (κ2) is 16.2. The largest absolute Gasteiger partial charge is 0.454 e. The summed E-state index contributed by atoms with van der Waals surface area (Å²) in [5.41, 5.74) is 14.7. The van der Waals surface area contributed by atoms with Crippen molar-refractivity contribution in [2.24, 2.45) is 0 Å². The maximum absolute atomic E-state index is 7.32. The van der Waals surface area contributed by atoms with Crippen LogP contribution in [-0.2, 0) is 0 Å². The second-order valence-electron chi connectivity index (χ2n) is 16.5. The lowest BCUT2D eigenvalue weighted by molar-refractivity contribution is 0.669. The summed E-state index contributed by atoms with van der Waals surface area (Å²) >= 11 is 0. The first-order chi connectivity index (χ1) is 32.3. The Kier molecular flexibility index (Phi) is 9.50. The highest BCUT2D eigenvalue weighted by Gasteiger charge is 2.28. The van der Waals surface area contributed by atoms with Crippen LogP contribution in [0.5, 0.6) is 0 Å². The maximum atomic E-state index is 7.32. The third-order valence-electron chi connectivity index (χ3n) is 12.6. The molecule has 0 N–H and O–H groups in total. The first-order valence-electron chi connectivity index (χ1n) is 22.2. The van der Waals surface area contributed by atoms with E-state index in [1.807, 2.05) is 0 Å². The Morgan fingerprint density at radius 3 is 1.51 bits per heavy atom. The molecule has 1 aromatic heterocycles. The molecule has 0 saturated carbocycles. The van der Waals surface area contributed by atoms with E-state index in [4.69, 9.17) is 4.42 Å². The minimum absolute atomic E-state index is 0.799. The lowest BCUT2D eigenvalue weighted by Gasteiger charge is -2.31. The molecule has 1 heterocycles. The standard InChI is InChI=1S/C62H42N2O/c1-4-19-43(20-5-1)44-35-37-50(38-36-44)63(56-33-16-14-30-52(56)46-21-6-2-7-22-46)58-39-40-59(62-61(58)55-41-47-24-10-11-25-48(47)42-60(55)65-62)64(49-27-8-3-9-28-49)57-34-17-15-31-54(57)53-32-18-26-45-23-12-13-29-51(45)53/h1-42H. The lowest BCUT2D eigenvalue weighted by Crippen LogP contribution is -2.14. The average molecular weight is 831 g/mol. The molecule has 65 heavy (non-hydrogen) atoms. The Balaban J connectivity index is 1.16. The molecule has 0 fully saturated rings. The second-order valence-corrected chi connectivity index (χ2v) is 16.5. The van der Waals surface area contributed by atoms with E-state index in [1.54, 1.807) is 0 Å². The first-order valence-corrected chi connectivity index (χ1v) is 22.2. The van der Waals surface area contributed by atoms with Crippen molar-refractivity contribution in [3.8, 4) is 33.4 Å². The summed E-state index contributed by atoms with van der Waals surface area (Å²) in [5, 5.41) is 6.78. The van der Waals surface area contributed by atoms with Crippen molar-refractivity contribution in [2.45, 2.75) is 0 Å². The fraction of sp³-hybridized carbons (Fsp3) is 0. The van der Waals surface area contributed by atoms with Crippen LogP contribution in [0.3, 0.4) is 0 Å². The van der Waals surface area contributed by atoms with Gasteiger partial charge in [0, 0.05) is 27.9 Å². The van der Waals surface area contributed by atoms with Gasteiger partial charge >= 0.3 is 0 Å². The van der Waals surface area contributed by atoms with Gasteiger partial charge in [-0.05, 0) is 104 Å². The fourth-order valence-corrected chi connectivity index (χ4v) is 9.61. The molecule has 306 valence electrons. The molecule has 3 heteroatoms. The number of fused-ring (bicyclic) bond motifs is 5. The Hall–Kier alpha value is -8.66. The SMILES string of the molecule is c1ccc(-c2ccc(N(c3ccccc3-c3ccccc3)c3ccc(N(c4ccccc4)c4ccccc4-c4cccc5ccccc45)c4oc5cc6ccccc6cc5c34)cc2)cc1. The zero-order valence-electron chi connectivity index (χ0n) is 35.6. The van der Waals surface area contributed by atoms with Gasteiger partial charge in [-0.1, -0.05) is 194 Å². The molecule has 0 aliphatic heterocycles. The van der Waals surface area contributed by atoms with Crippen LogP contribution in [0.25, 0.3) is 76.9 Å². The molecular weight excluding hydrogens is 789 g/mol. The van der Waals surface area contributed by atoms with E-state index in [0.717, 1.165) is 89.1 Å². The molecule has 0 unspecified atom stereocenters. The van der Waals surface area contributed by atoms with Gasteiger partial charge in [-0.25, -0.2) is 0 Å². The Labute approximate surface area is 378 Å². The minimum Gasteiger partial charge on any atom is -0.454 e. The van der Waals surface area contributed by atoms with E-state index in [0.29, 0.717) is 0 Å². The lowest BCUT2D eigenvalue weighted by atomic mass is 9.96. The normalized spacial score (nSPS) is 11.4. The molecule has 0 aliphatic carbocycles. The Morgan fingerprint density at radius 2 is 0.769 bits per heavy atom. The number of furan rings is 1. The first kappa shape index (κ1) is 38.0. The topological polar surface area (TPSA) is 19.6 Å². The molecular formula is C62H42N2O. The van der Waals surface area contributed by atoms with E-state index < -0.39 is 0 Å². The molecule has 0 bridgehead atoms. The highest BCUT2D eigenvalue weighted by molar-refractivity contribution is 6.20. The van der Waals surface area contributed by atoms with Gasteiger partial charge in [-0.15, -0.1) is 0 Å². The van der Waals surface area contributed by atoms with E-state index in [1.165, 1.54) is 21.9 Å². The predicted octanol–water partition coefficient (Wildman–Crippen LogP) is 17.8. The van der Waals surface area contributed by atoms with Crippen molar-refractivity contribution in [3.63, 3.8) is 0 Å². The van der Waals surface area contributed by atoms with Crippen molar-refractivity contribution < 1.29 is 4.42 Å². The smallest absolute Gasteiger partial charge is 0.161 e. The summed E-state index contributed by atoms with van der Waals surface area (Å²) < 4.78 is 7.32. The molecule has 0 atom stereocenters. The summed E-state index contributed by atoms with van der Waals surface area (Å²) in [6.45, 7) is 0. The van der Waals surface area contributed by atoms with Crippen LogP contribution in [-0.4, -0.2) is 0 Å². The Bertz CT molecular complexity index is 3650. The number of para-hydroxylation sites is 3. The molecule has 0 saturated heterocycles. The summed E-state index contributed by atoms with van der Waals surface area (Å²) in [4.78, 5) is 4.80. The minimum atomic E-state index is 0.799. The fourth-order valence-electron chi connectivity index (χ4n) is 9.61. The number of hydrogen-bond acceptors (Lipinski definition) is 3. The monoisotopic (exact) mass is 830 g/mol. The van der Waals surface area contributed by atoms with Gasteiger partial charge in [-0.2, -0.15) is 0 Å². The van der Waals surface area contributed by atoms with Crippen molar-refractivity contribution >= 4 is 77.6 Å². The number of nitrogens with zero attached hydrogens (tertiary/aromatic N) is 2. The van der Waals surface area contributed by atoms with Gasteiger partial charge in [0.15, 0.2) is 5.58 Å². The quantitative estimate of drug-likeness (QED) is 0.144. The van der Waals surface area contributed by atoms with Crippen molar-refractivity contribution in [3.05, 3.63) is 255 Å². The van der Waals surface area contributed by atoms with Gasteiger partial charge in [0.25, 0.3) is 0 Å². The highest BCUT2D eigenvalue weighted by Crippen LogP contribution is 2.52. The molecule has 0 radical (unpaired) electrons. The number of benzene rings is 11. The van der Waals surface area contributed by atoms with Crippen LogP contribution in [0.4, 0.5) is 34.1 Å². The predicted molar refractivity (Wildman–Crippen MR) is 274 cm³/mol. The highest BCUT2D eigenvalue weighted by atomic mass is 16.3. The molecule has 0 spiro atoms. The van der Waals surface area contributed by atoms with E-state index in [-0.39, 0.29) is 0 Å². The van der Waals surface area contributed by atoms with Crippen LogP contribution in [0, 0.1) is 0 Å². The van der Waals surface area contributed by atoms with Crippen LogP contribution >= 0.6 is 0 Å². The molecule has 0 amide bonds. The molecule has 12 rings (SSSR count). The van der Waals surface area contributed by atoms with E-state index in [2.05, 4.69) is 265 Å². The number of anilines is 6. The van der Waals surface area contributed by atoms with Gasteiger partial charge in [0.2, 0.25) is 0 Å². The van der Waals surface area contributed by atoms with Crippen LogP contribution in [0.15, 0.2) is 259 Å². The number of hydrogen-bond donors (Lipinski definition) is 0. The zero-order chi connectivity index (χ0) is 43.1.